The predicted molar refractivity (Wildman–Crippen MR) is 113 cm³/mol. The molecule has 1 saturated carbocycles. The van der Waals surface area contributed by atoms with E-state index in [0.717, 1.165) is 40.7 Å². The third-order valence-corrected chi connectivity index (χ3v) is 5.73. The van der Waals surface area contributed by atoms with E-state index in [1.807, 2.05) is 48.5 Å². The number of hydrogen-bond acceptors (Lipinski definition) is 3. The molecule has 0 spiro atoms. The molecule has 0 saturated heterocycles. The Labute approximate surface area is 168 Å². The number of fused-ring (bicyclic) bond motifs is 1. The fourth-order valence-electron chi connectivity index (χ4n) is 3.93. The van der Waals surface area contributed by atoms with Crippen LogP contribution in [0.3, 0.4) is 0 Å². The number of para-hydroxylation sites is 1. The highest BCUT2D eigenvalue weighted by atomic mass is 19.1. The van der Waals surface area contributed by atoms with Gasteiger partial charge < -0.3 is 10.4 Å². The zero-order valence-electron chi connectivity index (χ0n) is 15.9. The van der Waals surface area contributed by atoms with Crippen LogP contribution in [0.25, 0.3) is 16.6 Å². The van der Waals surface area contributed by atoms with E-state index in [-0.39, 0.29) is 11.7 Å². The summed E-state index contributed by atoms with van der Waals surface area (Å²) in [5.41, 5.74) is 2.69. The Morgan fingerprint density at radius 3 is 2.52 bits per heavy atom. The van der Waals surface area contributed by atoms with Gasteiger partial charge in [-0.05, 0) is 72.9 Å². The van der Waals surface area contributed by atoms with Crippen LogP contribution < -0.4 is 5.32 Å². The average Bonchev–Trinajstić information content (AvgIpc) is 3.53. The van der Waals surface area contributed by atoms with Crippen LogP contribution in [0.4, 0.5) is 10.1 Å². The van der Waals surface area contributed by atoms with Crippen LogP contribution in [0, 0.1) is 11.7 Å². The Morgan fingerprint density at radius 2 is 1.79 bits per heavy atom. The molecule has 1 aliphatic carbocycles. The van der Waals surface area contributed by atoms with Gasteiger partial charge in [0, 0.05) is 17.6 Å². The van der Waals surface area contributed by atoms with Crippen molar-refractivity contribution in [2.45, 2.75) is 18.4 Å². The fraction of sp³-hybridized carbons (Fsp3) is 0.208. The fourth-order valence-corrected chi connectivity index (χ4v) is 3.93. The standard InChI is InChI=1S/C24H22FN3O/c25-20-9-11-22(12-10-20)28-23-13-8-19(14-17(23)15-27-28)24(29,18-6-7-18)16-26-21-4-2-1-3-5-21/h1-5,8-15,18,26,29H,6-7,16H2. The Kier molecular flexibility index (Phi) is 4.32. The third-order valence-electron chi connectivity index (χ3n) is 5.73. The Hall–Kier alpha value is -3.18. The van der Waals surface area contributed by atoms with Crippen LogP contribution in [0.5, 0.6) is 0 Å². The van der Waals surface area contributed by atoms with E-state index in [1.165, 1.54) is 12.1 Å². The van der Waals surface area contributed by atoms with Crippen LogP contribution in [-0.2, 0) is 5.60 Å². The maximum absolute atomic E-state index is 13.2. The summed E-state index contributed by atoms with van der Waals surface area (Å²) in [6, 6.07) is 22.2. The monoisotopic (exact) mass is 387 g/mol. The SMILES string of the molecule is OC(CNc1ccccc1)(c1ccc2c(cnn2-c2ccc(F)cc2)c1)C1CC1. The summed E-state index contributed by atoms with van der Waals surface area (Å²) in [7, 11) is 0. The minimum atomic E-state index is -0.929. The van der Waals surface area contributed by atoms with Crippen molar-refractivity contribution in [1.82, 2.24) is 9.78 Å². The lowest BCUT2D eigenvalue weighted by Crippen LogP contribution is -2.36. The molecule has 2 N–H and O–H groups in total. The number of halogens is 1. The molecule has 4 nitrogen and oxygen atoms in total. The van der Waals surface area contributed by atoms with Crippen molar-refractivity contribution in [2.75, 3.05) is 11.9 Å². The van der Waals surface area contributed by atoms with Gasteiger partial charge in [-0.25, -0.2) is 9.07 Å². The van der Waals surface area contributed by atoms with Gasteiger partial charge in [-0.3, -0.25) is 0 Å². The minimum absolute atomic E-state index is 0.253. The highest BCUT2D eigenvalue weighted by molar-refractivity contribution is 5.81. The average molecular weight is 387 g/mol. The lowest BCUT2D eigenvalue weighted by molar-refractivity contribution is 0.0267. The van der Waals surface area contributed by atoms with Crippen molar-refractivity contribution in [3.63, 3.8) is 0 Å². The molecule has 1 fully saturated rings. The van der Waals surface area contributed by atoms with E-state index in [0.29, 0.717) is 6.54 Å². The van der Waals surface area contributed by atoms with Crippen LogP contribution in [0.1, 0.15) is 18.4 Å². The molecular formula is C24H22FN3O. The van der Waals surface area contributed by atoms with E-state index < -0.39 is 5.60 Å². The first-order valence-electron chi connectivity index (χ1n) is 9.89. The summed E-state index contributed by atoms with van der Waals surface area (Å²) in [6.07, 6.45) is 3.85. The molecule has 5 heteroatoms. The highest BCUT2D eigenvalue weighted by Crippen LogP contribution is 2.46. The number of rotatable bonds is 6. The smallest absolute Gasteiger partial charge is 0.123 e. The second kappa shape index (κ2) is 7.01. The van der Waals surface area contributed by atoms with Crippen molar-refractivity contribution in [2.24, 2.45) is 5.92 Å². The zero-order chi connectivity index (χ0) is 19.8. The van der Waals surface area contributed by atoms with Crippen molar-refractivity contribution in [3.8, 4) is 5.69 Å². The van der Waals surface area contributed by atoms with Crippen LogP contribution >= 0.6 is 0 Å². The Balaban J connectivity index is 1.47. The summed E-state index contributed by atoms with van der Waals surface area (Å²) >= 11 is 0. The van der Waals surface area contributed by atoms with Gasteiger partial charge in [-0.15, -0.1) is 0 Å². The summed E-state index contributed by atoms with van der Waals surface area (Å²) in [5, 5.41) is 20.4. The maximum atomic E-state index is 13.2. The topological polar surface area (TPSA) is 50.1 Å². The number of aliphatic hydroxyl groups is 1. The Morgan fingerprint density at radius 1 is 1.03 bits per heavy atom. The number of nitrogens with zero attached hydrogens (tertiary/aromatic N) is 2. The summed E-state index contributed by atoms with van der Waals surface area (Å²) in [5.74, 6) is -0.0174. The zero-order valence-corrected chi connectivity index (χ0v) is 15.9. The first-order valence-corrected chi connectivity index (χ1v) is 9.89. The van der Waals surface area contributed by atoms with Gasteiger partial charge in [-0.1, -0.05) is 24.3 Å². The maximum Gasteiger partial charge on any atom is 0.123 e. The highest BCUT2D eigenvalue weighted by Gasteiger charge is 2.45. The largest absolute Gasteiger partial charge is 0.383 e. The first kappa shape index (κ1) is 17.9. The number of hydrogen-bond donors (Lipinski definition) is 2. The summed E-state index contributed by atoms with van der Waals surface area (Å²) in [6.45, 7) is 0.458. The summed E-state index contributed by atoms with van der Waals surface area (Å²) < 4.78 is 15.0. The van der Waals surface area contributed by atoms with E-state index in [1.54, 1.807) is 23.0 Å². The van der Waals surface area contributed by atoms with E-state index >= 15 is 0 Å². The molecule has 29 heavy (non-hydrogen) atoms. The van der Waals surface area contributed by atoms with Crippen molar-refractivity contribution >= 4 is 16.6 Å². The van der Waals surface area contributed by atoms with Crippen molar-refractivity contribution < 1.29 is 9.50 Å². The summed E-state index contributed by atoms with van der Waals surface area (Å²) in [4.78, 5) is 0. The molecule has 1 unspecified atom stereocenters. The van der Waals surface area contributed by atoms with Gasteiger partial charge in [0.25, 0.3) is 0 Å². The van der Waals surface area contributed by atoms with Crippen LogP contribution in [0.15, 0.2) is 79.0 Å². The molecule has 5 rings (SSSR count). The molecular weight excluding hydrogens is 365 g/mol. The third kappa shape index (κ3) is 3.38. The molecule has 4 aromatic rings. The molecule has 1 aromatic heterocycles. The molecule has 3 aromatic carbocycles. The second-order valence-electron chi connectivity index (χ2n) is 7.72. The Bertz CT molecular complexity index is 1140. The van der Waals surface area contributed by atoms with Gasteiger partial charge in [0.1, 0.15) is 11.4 Å². The van der Waals surface area contributed by atoms with Crippen LogP contribution in [-0.4, -0.2) is 21.4 Å². The normalized spacial score (nSPS) is 15.9. The molecule has 1 atom stereocenters. The molecule has 0 amide bonds. The number of aromatic nitrogens is 2. The van der Waals surface area contributed by atoms with E-state index in [2.05, 4.69) is 10.4 Å². The van der Waals surface area contributed by atoms with Crippen molar-refractivity contribution in [1.29, 1.82) is 0 Å². The molecule has 1 heterocycles. The van der Waals surface area contributed by atoms with E-state index in [9.17, 15) is 9.50 Å². The predicted octanol–water partition coefficient (Wildman–Crippen LogP) is 4.87. The van der Waals surface area contributed by atoms with Gasteiger partial charge in [-0.2, -0.15) is 5.10 Å². The van der Waals surface area contributed by atoms with Gasteiger partial charge in [0.05, 0.1) is 17.4 Å². The second-order valence-corrected chi connectivity index (χ2v) is 7.72. The lowest BCUT2D eigenvalue weighted by Gasteiger charge is -2.30. The van der Waals surface area contributed by atoms with Crippen molar-refractivity contribution in [3.05, 3.63) is 90.4 Å². The molecule has 0 radical (unpaired) electrons. The minimum Gasteiger partial charge on any atom is -0.383 e. The number of anilines is 1. The van der Waals surface area contributed by atoms with Gasteiger partial charge >= 0.3 is 0 Å². The number of benzene rings is 3. The number of nitrogens with one attached hydrogen (secondary N) is 1. The van der Waals surface area contributed by atoms with Gasteiger partial charge in [0.2, 0.25) is 0 Å². The molecule has 146 valence electrons. The van der Waals surface area contributed by atoms with E-state index in [4.69, 9.17) is 0 Å². The van der Waals surface area contributed by atoms with Gasteiger partial charge in [0.15, 0.2) is 0 Å². The molecule has 1 aliphatic rings. The first-order chi connectivity index (χ1) is 14.1. The lowest BCUT2D eigenvalue weighted by atomic mass is 9.88. The molecule has 0 aliphatic heterocycles. The molecule has 0 bridgehead atoms. The quantitative estimate of drug-likeness (QED) is 0.496. The van der Waals surface area contributed by atoms with Crippen LogP contribution in [0.2, 0.25) is 0 Å².